The molecule has 0 aliphatic heterocycles. The maximum atomic E-state index is 12.3. The predicted molar refractivity (Wildman–Crippen MR) is 158 cm³/mol. The van der Waals surface area contributed by atoms with E-state index in [-0.39, 0.29) is 50.7 Å². The zero-order valence-corrected chi connectivity index (χ0v) is 23.8. The average molecular weight is 643 g/mol. The van der Waals surface area contributed by atoms with Crippen LogP contribution in [0, 0.1) is 0 Å². The van der Waals surface area contributed by atoms with Gasteiger partial charge < -0.3 is 21.5 Å². The summed E-state index contributed by atoms with van der Waals surface area (Å²) in [7, 11) is -9.57. The topological polar surface area (TPSA) is 242 Å². The van der Waals surface area contributed by atoms with E-state index in [0.717, 1.165) is 18.2 Å². The fourth-order valence-corrected chi connectivity index (χ4v) is 5.21. The lowest BCUT2D eigenvalue weighted by Crippen LogP contribution is -2.05. The number of phenols is 1. The van der Waals surface area contributed by atoms with Crippen molar-refractivity contribution in [2.45, 2.75) is 9.79 Å². The molecule has 0 fully saturated rings. The van der Waals surface area contributed by atoms with Crippen LogP contribution in [0.2, 0.25) is 5.28 Å². The second kappa shape index (κ2) is 11.4. The molecule has 5 rings (SSSR count). The molecule has 0 spiro atoms. The Hall–Kier alpha value is -4.94. The summed E-state index contributed by atoms with van der Waals surface area (Å²) in [6.45, 7) is 0. The Morgan fingerprint density at radius 1 is 0.744 bits per heavy atom. The molecule has 0 radical (unpaired) electrons. The number of fused-ring (bicyclic) bond motifs is 1. The van der Waals surface area contributed by atoms with E-state index in [4.69, 9.17) is 17.3 Å². The summed E-state index contributed by atoms with van der Waals surface area (Å²) in [5, 5.41) is 23.9. The van der Waals surface area contributed by atoms with E-state index >= 15 is 0 Å². The van der Waals surface area contributed by atoms with Gasteiger partial charge in [-0.2, -0.15) is 31.8 Å². The van der Waals surface area contributed by atoms with E-state index in [0.29, 0.717) is 5.69 Å². The SMILES string of the molecule is Nc1ccc2c(O)cc(S(=O)(=O)O)cc2c1N=Nc1ccc(Nc2nc(Cl)nc(Nc3ccccc3)n2)cc1S(=O)(=O)O. The molecule has 18 heteroatoms. The van der Waals surface area contributed by atoms with Crippen LogP contribution in [0.5, 0.6) is 5.75 Å². The van der Waals surface area contributed by atoms with Crippen molar-refractivity contribution >= 4 is 82.9 Å². The minimum Gasteiger partial charge on any atom is -0.507 e. The molecular formula is C25H19ClN8O7S2. The average Bonchev–Trinajstić information content (AvgIpc) is 2.92. The Morgan fingerprint density at radius 3 is 2.07 bits per heavy atom. The van der Waals surface area contributed by atoms with Crippen LogP contribution in [0.25, 0.3) is 10.8 Å². The number of aromatic nitrogens is 3. The highest BCUT2D eigenvalue weighted by molar-refractivity contribution is 7.86. The molecule has 0 saturated carbocycles. The molecule has 0 amide bonds. The van der Waals surface area contributed by atoms with Crippen molar-refractivity contribution < 1.29 is 31.0 Å². The number of nitrogens with two attached hydrogens (primary N) is 1. The number of halogens is 1. The van der Waals surface area contributed by atoms with E-state index in [2.05, 4.69) is 35.8 Å². The van der Waals surface area contributed by atoms with Crippen molar-refractivity contribution in [1.82, 2.24) is 15.0 Å². The number of anilines is 5. The second-order valence-electron chi connectivity index (χ2n) is 8.74. The molecule has 220 valence electrons. The lowest BCUT2D eigenvalue weighted by Gasteiger charge is -2.10. The first-order valence-corrected chi connectivity index (χ1v) is 15.1. The van der Waals surface area contributed by atoms with Gasteiger partial charge in [-0.25, -0.2) is 0 Å². The van der Waals surface area contributed by atoms with Gasteiger partial charge in [-0.3, -0.25) is 9.11 Å². The highest BCUT2D eigenvalue weighted by atomic mass is 35.5. The number of aromatic hydroxyl groups is 1. The van der Waals surface area contributed by atoms with E-state index in [9.17, 15) is 31.0 Å². The molecule has 4 aromatic carbocycles. The summed E-state index contributed by atoms with van der Waals surface area (Å²) in [6.07, 6.45) is 0. The number of para-hydroxylation sites is 1. The zero-order chi connectivity index (χ0) is 30.9. The largest absolute Gasteiger partial charge is 0.507 e. The van der Waals surface area contributed by atoms with Crippen molar-refractivity contribution in [2.75, 3.05) is 16.4 Å². The highest BCUT2D eigenvalue weighted by Gasteiger charge is 2.19. The van der Waals surface area contributed by atoms with Gasteiger partial charge in [-0.1, -0.05) is 18.2 Å². The minimum absolute atomic E-state index is 0.00491. The number of nitrogens with zero attached hydrogens (tertiary/aromatic N) is 5. The number of nitrogens with one attached hydrogen (secondary N) is 2. The van der Waals surface area contributed by atoms with Gasteiger partial charge in [0.1, 0.15) is 22.0 Å². The van der Waals surface area contributed by atoms with Crippen LogP contribution in [0.4, 0.5) is 40.3 Å². The van der Waals surface area contributed by atoms with Gasteiger partial charge >= 0.3 is 0 Å². The van der Waals surface area contributed by atoms with Gasteiger partial charge in [0.15, 0.2) is 0 Å². The predicted octanol–water partition coefficient (Wildman–Crippen LogP) is 5.36. The third-order valence-electron chi connectivity index (χ3n) is 5.78. The molecule has 7 N–H and O–H groups in total. The fourth-order valence-electron chi connectivity index (χ4n) is 3.88. The molecule has 0 unspecified atom stereocenters. The summed E-state index contributed by atoms with van der Waals surface area (Å²) in [6, 6.07) is 17.2. The standard InChI is InChI=1S/C25H19ClN8O7S2/c26-23-30-24(28-13-4-2-1-3-5-13)32-25(31-23)29-14-6-9-19(21(10-14)43(39,40)41)33-34-22-17-11-15(42(36,37)38)12-20(35)16(17)7-8-18(22)27/h1-12,35H,27H2,(H,36,37,38)(H,39,40,41)(H2,28,29,30,31,32). The van der Waals surface area contributed by atoms with Crippen LogP contribution in [0.15, 0.2) is 92.8 Å². The van der Waals surface area contributed by atoms with Crippen LogP contribution in [0.3, 0.4) is 0 Å². The molecule has 1 aromatic heterocycles. The quantitative estimate of drug-likeness (QED) is 0.0709. The molecular weight excluding hydrogens is 624 g/mol. The number of benzene rings is 4. The van der Waals surface area contributed by atoms with E-state index in [1.54, 1.807) is 24.3 Å². The second-order valence-corrected chi connectivity index (χ2v) is 11.9. The summed E-state index contributed by atoms with van der Waals surface area (Å²) in [4.78, 5) is 10.9. The Balaban J connectivity index is 1.51. The lowest BCUT2D eigenvalue weighted by molar-refractivity contribution is 0.471. The summed E-state index contributed by atoms with van der Waals surface area (Å²) >= 11 is 6.03. The first-order chi connectivity index (χ1) is 20.3. The maximum absolute atomic E-state index is 12.3. The van der Waals surface area contributed by atoms with Crippen molar-refractivity contribution in [2.24, 2.45) is 10.2 Å². The van der Waals surface area contributed by atoms with Crippen molar-refractivity contribution in [3.63, 3.8) is 0 Å². The van der Waals surface area contributed by atoms with Gasteiger partial charge in [-0.15, -0.1) is 10.2 Å². The molecule has 5 aromatic rings. The van der Waals surface area contributed by atoms with Gasteiger partial charge in [0, 0.05) is 28.2 Å². The van der Waals surface area contributed by atoms with Crippen LogP contribution in [-0.2, 0) is 20.2 Å². The molecule has 15 nitrogen and oxygen atoms in total. The highest BCUT2D eigenvalue weighted by Crippen LogP contribution is 2.40. The Bertz CT molecular complexity index is 2130. The van der Waals surface area contributed by atoms with Gasteiger partial charge in [0.2, 0.25) is 17.2 Å². The van der Waals surface area contributed by atoms with Crippen molar-refractivity contribution in [3.8, 4) is 5.75 Å². The van der Waals surface area contributed by atoms with Crippen LogP contribution in [-0.4, -0.2) is 46.0 Å². The van der Waals surface area contributed by atoms with Gasteiger partial charge in [-0.05, 0) is 60.1 Å². The van der Waals surface area contributed by atoms with E-state index in [1.807, 2.05) is 6.07 Å². The van der Waals surface area contributed by atoms with Crippen molar-refractivity contribution in [1.29, 1.82) is 0 Å². The lowest BCUT2D eigenvalue weighted by atomic mass is 10.1. The first kappa shape index (κ1) is 29.5. The van der Waals surface area contributed by atoms with Gasteiger partial charge in [0.25, 0.3) is 20.2 Å². The smallest absolute Gasteiger partial charge is 0.296 e. The van der Waals surface area contributed by atoms with Crippen molar-refractivity contribution in [3.05, 3.63) is 78.1 Å². The Labute approximate surface area is 248 Å². The third-order valence-corrected chi connectivity index (χ3v) is 7.66. The number of rotatable bonds is 8. The summed E-state index contributed by atoms with van der Waals surface area (Å²) in [5.41, 5.74) is 6.33. The molecule has 43 heavy (non-hydrogen) atoms. The van der Waals surface area contributed by atoms with Crippen LogP contribution >= 0.6 is 11.6 Å². The molecule has 0 aliphatic rings. The summed E-state index contributed by atoms with van der Waals surface area (Å²) in [5.74, 6) is -0.437. The molecule has 0 saturated heterocycles. The normalized spacial score (nSPS) is 12.1. The first-order valence-electron chi connectivity index (χ1n) is 11.8. The number of azo groups is 1. The molecule has 0 bridgehead atoms. The summed E-state index contributed by atoms with van der Waals surface area (Å²) < 4.78 is 67.2. The Kier molecular flexibility index (Phi) is 7.82. The van der Waals surface area contributed by atoms with Gasteiger partial charge in [0.05, 0.1) is 10.6 Å². The zero-order valence-electron chi connectivity index (χ0n) is 21.4. The number of nitrogen functional groups attached to an aromatic ring is 1. The molecule has 1 heterocycles. The fraction of sp³-hybridized carbons (Fsp3) is 0. The number of hydrogen-bond donors (Lipinski definition) is 6. The van der Waals surface area contributed by atoms with E-state index in [1.165, 1.54) is 24.3 Å². The molecule has 0 aliphatic carbocycles. The van der Waals surface area contributed by atoms with Crippen LogP contribution < -0.4 is 16.4 Å². The number of hydrogen-bond acceptors (Lipinski definition) is 13. The third kappa shape index (κ3) is 6.76. The molecule has 0 atom stereocenters. The maximum Gasteiger partial charge on any atom is 0.296 e. The van der Waals surface area contributed by atoms with E-state index < -0.39 is 35.8 Å². The minimum atomic E-state index is -4.86. The van der Waals surface area contributed by atoms with Crippen LogP contribution in [0.1, 0.15) is 0 Å². The number of phenolic OH excluding ortho intramolecular Hbond substituents is 1. The Morgan fingerprint density at radius 2 is 1.42 bits per heavy atom. The monoisotopic (exact) mass is 642 g/mol.